The summed E-state index contributed by atoms with van der Waals surface area (Å²) in [5.74, 6) is 0.280. The van der Waals surface area contributed by atoms with Crippen molar-refractivity contribution in [1.29, 1.82) is 0 Å². The van der Waals surface area contributed by atoms with Gasteiger partial charge in [0.1, 0.15) is 5.72 Å². The predicted molar refractivity (Wildman–Crippen MR) is 66.4 cm³/mol. The molecule has 0 aromatic carbocycles. The monoisotopic (exact) mass is 213 g/mol. The van der Waals surface area contributed by atoms with Gasteiger partial charge in [-0.15, -0.1) is 6.58 Å². The lowest BCUT2D eigenvalue weighted by Gasteiger charge is -2.34. The normalized spacial score (nSPS) is 17.5. The van der Waals surface area contributed by atoms with Crippen molar-refractivity contribution in [3.63, 3.8) is 0 Å². The zero-order valence-corrected chi connectivity index (χ0v) is 10.5. The molecule has 0 spiro atoms. The van der Waals surface area contributed by atoms with Crippen LogP contribution in [0.4, 0.5) is 0 Å². The van der Waals surface area contributed by atoms with Crippen molar-refractivity contribution >= 4 is 0 Å². The van der Waals surface area contributed by atoms with Crippen LogP contribution in [0.5, 0.6) is 0 Å². The molecule has 0 aliphatic carbocycles. The summed E-state index contributed by atoms with van der Waals surface area (Å²) in [6.45, 7) is 9.66. The van der Waals surface area contributed by atoms with E-state index in [4.69, 9.17) is 5.73 Å². The Morgan fingerprint density at radius 2 is 1.87 bits per heavy atom. The molecular formula is C13H27NO. The van der Waals surface area contributed by atoms with Crippen LogP contribution in [-0.4, -0.2) is 10.8 Å². The number of rotatable bonds is 8. The Bertz CT molecular complexity index is 175. The van der Waals surface area contributed by atoms with Crippen molar-refractivity contribution in [3.8, 4) is 0 Å². The zero-order chi connectivity index (χ0) is 11.9. The summed E-state index contributed by atoms with van der Waals surface area (Å²) in [4.78, 5) is 0. The minimum absolute atomic E-state index is 0.112. The van der Waals surface area contributed by atoms with Gasteiger partial charge in [0.05, 0.1) is 0 Å². The molecule has 3 N–H and O–H groups in total. The summed E-state index contributed by atoms with van der Waals surface area (Å²) < 4.78 is 0. The van der Waals surface area contributed by atoms with Gasteiger partial charge in [-0.05, 0) is 31.1 Å². The number of unbranched alkanes of at least 4 members (excludes halogenated alkanes) is 3. The first-order valence-corrected chi connectivity index (χ1v) is 6.05. The molecule has 0 aromatic rings. The van der Waals surface area contributed by atoms with Crippen molar-refractivity contribution in [2.24, 2.45) is 17.6 Å². The average molecular weight is 213 g/mol. The van der Waals surface area contributed by atoms with Crippen LogP contribution in [0.15, 0.2) is 12.7 Å². The SMILES string of the molecule is C=CCCCCCC(C)C(N)(O)C(C)C. The van der Waals surface area contributed by atoms with Crippen LogP contribution < -0.4 is 5.73 Å². The van der Waals surface area contributed by atoms with E-state index >= 15 is 0 Å². The first-order chi connectivity index (χ1) is 6.92. The van der Waals surface area contributed by atoms with Crippen molar-refractivity contribution < 1.29 is 5.11 Å². The van der Waals surface area contributed by atoms with Gasteiger partial charge in [-0.1, -0.05) is 39.7 Å². The molecule has 0 saturated heterocycles. The molecule has 2 nitrogen and oxygen atoms in total. The van der Waals surface area contributed by atoms with E-state index in [1.165, 1.54) is 12.8 Å². The van der Waals surface area contributed by atoms with Gasteiger partial charge in [0.25, 0.3) is 0 Å². The van der Waals surface area contributed by atoms with Crippen LogP contribution in [0.2, 0.25) is 0 Å². The third-order valence-electron chi connectivity index (χ3n) is 3.26. The largest absolute Gasteiger partial charge is 0.376 e. The number of aliphatic hydroxyl groups is 1. The minimum atomic E-state index is -1.02. The lowest BCUT2D eigenvalue weighted by Crippen LogP contribution is -2.50. The van der Waals surface area contributed by atoms with Crippen LogP contribution in [-0.2, 0) is 0 Å². The van der Waals surface area contributed by atoms with Crippen LogP contribution in [0.1, 0.15) is 52.9 Å². The van der Waals surface area contributed by atoms with Crippen LogP contribution in [0, 0.1) is 11.8 Å². The first-order valence-electron chi connectivity index (χ1n) is 6.05. The van der Waals surface area contributed by atoms with Gasteiger partial charge in [0.2, 0.25) is 0 Å². The summed E-state index contributed by atoms with van der Waals surface area (Å²) in [5.41, 5.74) is 4.87. The van der Waals surface area contributed by atoms with E-state index in [2.05, 4.69) is 6.58 Å². The van der Waals surface area contributed by atoms with Crippen molar-refractivity contribution in [2.75, 3.05) is 0 Å². The van der Waals surface area contributed by atoms with E-state index in [1.54, 1.807) is 0 Å². The fraction of sp³-hybridized carbons (Fsp3) is 0.846. The molecular weight excluding hydrogens is 186 g/mol. The van der Waals surface area contributed by atoms with Gasteiger partial charge in [0, 0.05) is 0 Å². The molecule has 0 radical (unpaired) electrons. The second-order valence-corrected chi connectivity index (χ2v) is 4.87. The molecule has 90 valence electrons. The summed E-state index contributed by atoms with van der Waals surface area (Å²) >= 11 is 0. The lowest BCUT2D eigenvalue weighted by molar-refractivity contribution is -0.0506. The fourth-order valence-corrected chi connectivity index (χ4v) is 1.72. The summed E-state index contributed by atoms with van der Waals surface area (Å²) in [7, 11) is 0. The maximum absolute atomic E-state index is 10.0. The predicted octanol–water partition coefficient (Wildman–Crippen LogP) is 3.06. The van der Waals surface area contributed by atoms with E-state index in [9.17, 15) is 5.11 Å². The minimum Gasteiger partial charge on any atom is -0.376 e. The maximum Gasteiger partial charge on any atom is 0.118 e. The van der Waals surface area contributed by atoms with E-state index in [-0.39, 0.29) is 11.8 Å². The van der Waals surface area contributed by atoms with Gasteiger partial charge in [-0.3, -0.25) is 0 Å². The Labute approximate surface area is 94.6 Å². The molecule has 2 unspecified atom stereocenters. The number of hydrogen-bond donors (Lipinski definition) is 2. The van der Waals surface area contributed by atoms with E-state index in [1.807, 2.05) is 26.8 Å². The number of nitrogens with two attached hydrogens (primary N) is 1. The molecule has 0 heterocycles. The highest BCUT2D eigenvalue weighted by Crippen LogP contribution is 2.25. The first kappa shape index (κ1) is 14.7. The van der Waals surface area contributed by atoms with Gasteiger partial charge in [-0.25, -0.2) is 0 Å². The number of hydrogen-bond acceptors (Lipinski definition) is 2. The maximum atomic E-state index is 10.0. The molecule has 0 rings (SSSR count). The standard InChI is InChI=1S/C13H27NO/c1-5-6-7-8-9-10-12(4)13(14,15)11(2)3/h5,11-12,15H,1,6-10,14H2,2-4H3. The van der Waals surface area contributed by atoms with Crippen molar-refractivity contribution in [3.05, 3.63) is 12.7 Å². The quantitative estimate of drug-likeness (QED) is 0.370. The summed E-state index contributed by atoms with van der Waals surface area (Å²) in [6.07, 6.45) is 7.58. The molecule has 2 atom stereocenters. The Morgan fingerprint density at radius 1 is 1.27 bits per heavy atom. The third kappa shape index (κ3) is 5.33. The smallest absolute Gasteiger partial charge is 0.118 e. The second kappa shape index (κ2) is 7.02. The van der Waals surface area contributed by atoms with Crippen LogP contribution >= 0.6 is 0 Å². The van der Waals surface area contributed by atoms with Crippen LogP contribution in [0.25, 0.3) is 0 Å². The number of allylic oxidation sites excluding steroid dienone is 1. The lowest BCUT2D eigenvalue weighted by atomic mass is 9.85. The summed E-state index contributed by atoms with van der Waals surface area (Å²) in [6, 6.07) is 0. The highest BCUT2D eigenvalue weighted by Gasteiger charge is 2.31. The van der Waals surface area contributed by atoms with E-state index in [0.717, 1.165) is 19.3 Å². The summed E-state index contributed by atoms with van der Waals surface area (Å²) in [5, 5.41) is 10.0. The van der Waals surface area contributed by atoms with E-state index in [0.29, 0.717) is 0 Å². The van der Waals surface area contributed by atoms with Gasteiger partial charge < -0.3 is 10.8 Å². The average Bonchev–Trinajstić information content (AvgIpc) is 2.16. The van der Waals surface area contributed by atoms with Gasteiger partial charge in [0.15, 0.2) is 0 Å². The van der Waals surface area contributed by atoms with Crippen molar-refractivity contribution in [1.82, 2.24) is 0 Å². The highest BCUT2D eigenvalue weighted by atomic mass is 16.3. The molecule has 0 aromatic heterocycles. The van der Waals surface area contributed by atoms with E-state index < -0.39 is 5.72 Å². The fourth-order valence-electron chi connectivity index (χ4n) is 1.72. The molecule has 0 fully saturated rings. The molecule has 2 heteroatoms. The topological polar surface area (TPSA) is 46.2 Å². The van der Waals surface area contributed by atoms with Crippen LogP contribution in [0.3, 0.4) is 0 Å². The highest BCUT2D eigenvalue weighted by molar-refractivity contribution is 4.80. The second-order valence-electron chi connectivity index (χ2n) is 4.87. The molecule has 15 heavy (non-hydrogen) atoms. The molecule has 0 bridgehead atoms. The third-order valence-corrected chi connectivity index (χ3v) is 3.26. The Kier molecular flexibility index (Phi) is 6.86. The van der Waals surface area contributed by atoms with Gasteiger partial charge >= 0.3 is 0 Å². The molecule has 0 saturated carbocycles. The Balaban J connectivity index is 3.73. The van der Waals surface area contributed by atoms with Crippen molar-refractivity contribution in [2.45, 2.75) is 58.6 Å². The van der Waals surface area contributed by atoms with Gasteiger partial charge in [-0.2, -0.15) is 0 Å². The molecule has 0 amide bonds. The Morgan fingerprint density at radius 3 is 2.33 bits per heavy atom. The molecule has 0 aliphatic rings. The Hall–Kier alpha value is -0.340. The molecule has 0 aliphatic heterocycles. The zero-order valence-electron chi connectivity index (χ0n) is 10.5.